The fraction of sp³-hybridized carbons (Fsp3) is 0.429. The zero-order valence-corrected chi connectivity index (χ0v) is 11.7. The Morgan fingerprint density at radius 2 is 1.95 bits per heavy atom. The lowest BCUT2D eigenvalue weighted by Gasteiger charge is -2.23. The van der Waals surface area contributed by atoms with E-state index >= 15 is 0 Å². The van der Waals surface area contributed by atoms with E-state index < -0.39 is 18.0 Å². The maximum Gasteiger partial charge on any atom is 0.326 e. The van der Waals surface area contributed by atoms with Gasteiger partial charge in [-0.1, -0.05) is 26.0 Å². The van der Waals surface area contributed by atoms with Crippen LogP contribution in [0.1, 0.15) is 19.4 Å². The molecule has 1 rings (SSSR count). The van der Waals surface area contributed by atoms with Crippen LogP contribution in [0.15, 0.2) is 24.3 Å². The molecule has 0 saturated heterocycles. The molecule has 2 amide bonds. The maximum absolute atomic E-state index is 12.0. The molecule has 0 saturated carbocycles. The predicted molar refractivity (Wildman–Crippen MR) is 74.4 cm³/mol. The third kappa shape index (κ3) is 3.98. The number of aryl methyl sites for hydroxylation is 1. The Morgan fingerprint density at radius 3 is 2.42 bits per heavy atom. The summed E-state index contributed by atoms with van der Waals surface area (Å²) >= 11 is 0. The highest BCUT2D eigenvalue weighted by atomic mass is 16.4. The summed E-state index contributed by atoms with van der Waals surface area (Å²) in [6.45, 7) is 5.45. The van der Waals surface area contributed by atoms with Crippen molar-refractivity contribution in [2.45, 2.75) is 26.8 Å². The van der Waals surface area contributed by atoms with E-state index in [4.69, 9.17) is 5.11 Å². The van der Waals surface area contributed by atoms with Gasteiger partial charge in [-0.2, -0.15) is 0 Å². The number of nitrogens with zero attached hydrogens (tertiary/aromatic N) is 1. The first-order valence-corrected chi connectivity index (χ1v) is 6.16. The minimum absolute atomic E-state index is 0.174. The highest BCUT2D eigenvalue weighted by Crippen LogP contribution is 2.14. The van der Waals surface area contributed by atoms with Crippen molar-refractivity contribution in [2.24, 2.45) is 5.92 Å². The molecule has 0 heterocycles. The number of benzene rings is 1. The van der Waals surface area contributed by atoms with Gasteiger partial charge in [0.2, 0.25) is 0 Å². The summed E-state index contributed by atoms with van der Waals surface area (Å²) in [4.78, 5) is 24.5. The molecule has 104 valence electrons. The Morgan fingerprint density at radius 1 is 1.32 bits per heavy atom. The molecular weight excluding hydrogens is 244 g/mol. The predicted octanol–water partition coefficient (Wildman–Crippen LogP) is 2.25. The molecule has 1 aromatic carbocycles. The Hall–Kier alpha value is -2.04. The minimum Gasteiger partial charge on any atom is -0.480 e. The van der Waals surface area contributed by atoms with E-state index in [0.717, 1.165) is 11.3 Å². The number of carboxylic acids is 1. The van der Waals surface area contributed by atoms with Crippen molar-refractivity contribution in [3.63, 3.8) is 0 Å². The summed E-state index contributed by atoms with van der Waals surface area (Å²) in [6.07, 6.45) is 0. The van der Waals surface area contributed by atoms with Crippen LogP contribution in [0.5, 0.6) is 0 Å². The molecule has 0 fully saturated rings. The summed E-state index contributed by atoms with van der Waals surface area (Å²) in [5.74, 6) is -1.20. The maximum atomic E-state index is 12.0. The van der Waals surface area contributed by atoms with Crippen molar-refractivity contribution in [2.75, 3.05) is 11.9 Å². The molecule has 0 aliphatic carbocycles. The summed E-state index contributed by atoms with van der Waals surface area (Å²) in [7, 11) is 1.61. The number of rotatable bonds is 4. The minimum atomic E-state index is -1.03. The zero-order chi connectivity index (χ0) is 14.6. The molecule has 5 heteroatoms. The van der Waals surface area contributed by atoms with Crippen molar-refractivity contribution < 1.29 is 14.7 Å². The van der Waals surface area contributed by atoms with Gasteiger partial charge >= 0.3 is 12.0 Å². The first-order valence-electron chi connectivity index (χ1n) is 6.16. The lowest BCUT2D eigenvalue weighted by molar-refractivity contribution is -0.140. The normalized spacial score (nSPS) is 12.1. The number of hydrogen-bond acceptors (Lipinski definition) is 2. The van der Waals surface area contributed by atoms with Crippen molar-refractivity contribution in [1.29, 1.82) is 0 Å². The average molecular weight is 264 g/mol. The molecule has 0 aliphatic heterocycles. The topological polar surface area (TPSA) is 69.6 Å². The Bertz CT molecular complexity index is 472. The van der Waals surface area contributed by atoms with Crippen LogP contribution in [0.2, 0.25) is 0 Å². The number of urea groups is 1. The van der Waals surface area contributed by atoms with Crippen LogP contribution in [0.25, 0.3) is 0 Å². The van der Waals surface area contributed by atoms with Crippen LogP contribution in [-0.2, 0) is 4.79 Å². The lowest BCUT2D eigenvalue weighted by Crippen LogP contribution is -2.49. The zero-order valence-electron chi connectivity index (χ0n) is 11.7. The SMILES string of the molecule is Cc1cccc(N(C)C(=O)N[C@@H](C(=O)O)C(C)C)c1. The van der Waals surface area contributed by atoms with E-state index in [0.29, 0.717) is 0 Å². The van der Waals surface area contributed by atoms with Crippen LogP contribution in [-0.4, -0.2) is 30.2 Å². The van der Waals surface area contributed by atoms with Gasteiger partial charge in [-0.15, -0.1) is 0 Å². The molecule has 1 aromatic rings. The number of carboxylic acid groups (broad SMARTS) is 1. The molecule has 1 atom stereocenters. The average Bonchev–Trinajstić information content (AvgIpc) is 2.33. The summed E-state index contributed by atoms with van der Waals surface area (Å²) < 4.78 is 0. The first kappa shape index (κ1) is 15.0. The van der Waals surface area contributed by atoms with Crippen LogP contribution < -0.4 is 10.2 Å². The second kappa shape index (κ2) is 6.22. The summed E-state index contributed by atoms with van der Waals surface area (Å²) in [6, 6.07) is 6.14. The standard InChI is InChI=1S/C14H20N2O3/c1-9(2)12(13(17)18)15-14(19)16(4)11-7-5-6-10(3)8-11/h5-9,12H,1-4H3,(H,15,19)(H,17,18)/t12-/m1/s1. The van der Waals surface area contributed by atoms with Gasteiger partial charge in [0.05, 0.1) is 0 Å². The Kier molecular flexibility index (Phi) is 4.92. The number of nitrogens with one attached hydrogen (secondary N) is 1. The van der Waals surface area contributed by atoms with Crippen molar-refractivity contribution in [3.8, 4) is 0 Å². The Balaban J connectivity index is 2.80. The first-order chi connectivity index (χ1) is 8.82. The van der Waals surface area contributed by atoms with E-state index in [2.05, 4.69) is 5.32 Å². The summed E-state index contributed by atoms with van der Waals surface area (Å²) in [5, 5.41) is 11.6. The largest absolute Gasteiger partial charge is 0.480 e. The third-order valence-electron chi connectivity index (χ3n) is 2.91. The molecule has 0 aromatic heterocycles. The van der Waals surface area contributed by atoms with E-state index in [1.165, 1.54) is 4.90 Å². The molecule has 0 bridgehead atoms. The van der Waals surface area contributed by atoms with Crippen LogP contribution >= 0.6 is 0 Å². The van der Waals surface area contributed by atoms with E-state index in [1.54, 1.807) is 27.0 Å². The monoisotopic (exact) mass is 264 g/mol. The van der Waals surface area contributed by atoms with Crippen LogP contribution in [0.4, 0.5) is 10.5 Å². The summed E-state index contributed by atoms with van der Waals surface area (Å²) in [5.41, 5.74) is 1.76. The molecule has 2 N–H and O–H groups in total. The highest BCUT2D eigenvalue weighted by Gasteiger charge is 2.25. The lowest BCUT2D eigenvalue weighted by atomic mass is 10.1. The Labute approximate surface area is 113 Å². The van der Waals surface area contributed by atoms with Gasteiger partial charge in [-0.05, 0) is 30.5 Å². The molecule has 19 heavy (non-hydrogen) atoms. The number of carbonyl (C=O) groups is 2. The van der Waals surface area contributed by atoms with Crippen LogP contribution in [0, 0.1) is 12.8 Å². The molecular formula is C14H20N2O3. The fourth-order valence-corrected chi connectivity index (χ4v) is 1.70. The van der Waals surface area contributed by atoms with Crippen molar-refractivity contribution in [3.05, 3.63) is 29.8 Å². The number of anilines is 1. The molecule has 0 aliphatic rings. The van der Waals surface area contributed by atoms with Gasteiger partial charge in [0, 0.05) is 12.7 Å². The second-order valence-electron chi connectivity index (χ2n) is 4.91. The van der Waals surface area contributed by atoms with Gasteiger partial charge in [-0.25, -0.2) is 9.59 Å². The van der Waals surface area contributed by atoms with Crippen LogP contribution in [0.3, 0.4) is 0 Å². The van der Waals surface area contributed by atoms with E-state index in [1.807, 2.05) is 25.1 Å². The van der Waals surface area contributed by atoms with Crippen molar-refractivity contribution in [1.82, 2.24) is 5.32 Å². The number of carbonyl (C=O) groups excluding carboxylic acids is 1. The number of amides is 2. The second-order valence-corrected chi connectivity index (χ2v) is 4.91. The molecule has 5 nitrogen and oxygen atoms in total. The van der Waals surface area contributed by atoms with Gasteiger partial charge < -0.3 is 10.4 Å². The highest BCUT2D eigenvalue weighted by molar-refractivity contribution is 5.94. The van der Waals surface area contributed by atoms with Gasteiger partial charge in [0.15, 0.2) is 0 Å². The van der Waals surface area contributed by atoms with E-state index in [-0.39, 0.29) is 5.92 Å². The fourth-order valence-electron chi connectivity index (χ4n) is 1.70. The third-order valence-corrected chi connectivity index (χ3v) is 2.91. The molecule has 0 radical (unpaired) electrons. The molecule has 0 unspecified atom stereocenters. The number of aliphatic carboxylic acids is 1. The van der Waals surface area contributed by atoms with Gasteiger partial charge in [-0.3, -0.25) is 4.90 Å². The molecule has 0 spiro atoms. The quantitative estimate of drug-likeness (QED) is 0.876. The van der Waals surface area contributed by atoms with Gasteiger partial charge in [0.1, 0.15) is 6.04 Å². The van der Waals surface area contributed by atoms with Gasteiger partial charge in [0.25, 0.3) is 0 Å². The smallest absolute Gasteiger partial charge is 0.326 e. The number of hydrogen-bond donors (Lipinski definition) is 2. The van der Waals surface area contributed by atoms with E-state index in [9.17, 15) is 9.59 Å². The van der Waals surface area contributed by atoms with Crippen molar-refractivity contribution >= 4 is 17.7 Å².